The van der Waals surface area contributed by atoms with E-state index in [0.717, 1.165) is 36.1 Å². The summed E-state index contributed by atoms with van der Waals surface area (Å²) in [6, 6.07) is 7.53. The molecule has 0 saturated carbocycles. The molecule has 8 nitrogen and oxygen atoms in total. The highest BCUT2D eigenvalue weighted by atomic mass is 16.2. The first-order valence-corrected chi connectivity index (χ1v) is 10.9. The van der Waals surface area contributed by atoms with Crippen LogP contribution in [-0.2, 0) is 24.2 Å². The summed E-state index contributed by atoms with van der Waals surface area (Å²) in [6.07, 6.45) is 4.99. The van der Waals surface area contributed by atoms with Gasteiger partial charge in [-0.2, -0.15) is 0 Å². The number of amides is 1. The van der Waals surface area contributed by atoms with Crippen LogP contribution in [0.2, 0.25) is 0 Å². The van der Waals surface area contributed by atoms with Gasteiger partial charge in [-0.1, -0.05) is 6.07 Å². The molecule has 1 aliphatic rings. The molecule has 2 aromatic rings. The van der Waals surface area contributed by atoms with Gasteiger partial charge in [0, 0.05) is 38.3 Å². The van der Waals surface area contributed by atoms with Crippen molar-refractivity contribution in [3.8, 4) is 0 Å². The summed E-state index contributed by atoms with van der Waals surface area (Å²) in [6.45, 7) is 1.83. The molecule has 31 heavy (non-hydrogen) atoms. The molecule has 0 spiro atoms. The Hall–Kier alpha value is -2.87. The third-order valence-electron chi connectivity index (χ3n) is 5.70. The lowest BCUT2D eigenvalue weighted by Gasteiger charge is -2.18. The molecule has 0 aliphatic heterocycles. The summed E-state index contributed by atoms with van der Waals surface area (Å²) in [7, 11) is 5.80. The fraction of sp³-hybridized carbons (Fsp3) is 0.522. The van der Waals surface area contributed by atoms with E-state index < -0.39 is 5.69 Å². The number of H-pyrrole nitrogens is 1. The molecule has 1 amide bonds. The molecular weight excluding hydrogens is 394 g/mol. The van der Waals surface area contributed by atoms with Crippen molar-refractivity contribution in [2.75, 3.05) is 39.5 Å². The molecule has 1 aliphatic carbocycles. The number of carbonyl (C=O) groups excluding carboxylic acids is 1. The second-order valence-electron chi connectivity index (χ2n) is 8.52. The van der Waals surface area contributed by atoms with Crippen molar-refractivity contribution in [1.82, 2.24) is 19.4 Å². The molecule has 1 aromatic heterocycles. The van der Waals surface area contributed by atoms with Gasteiger partial charge in [0.05, 0.1) is 0 Å². The van der Waals surface area contributed by atoms with Gasteiger partial charge in [0.2, 0.25) is 5.91 Å². The Labute approximate surface area is 182 Å². The third kappa shape index (κ3) is 6.30. The van der Waals surface area contributed by atoms with Crippen molar-refractivity contribution in [3.05, 3.63) is 56.2 Å². The zero-order valence-electron chi connectivity index (χ0n) is 18.7. The maximum Gasteiger partial charge on any atom is 0.329 e. The van der Waals surface area contributed by atoms with E-state index in [1.807, 2.05) is 20.2 Å². The van der Waals surface area contributed by atoms with E-state index in [0.29, 0.717) is 25.2 Å². The van der Waals surface area contributed by atoms with E-state index in [2.05, 4.69) is 27.3 Å². The predicted molar refractivity (Wildman–Crippen MR) is 123 cm³/mol. The summed E-state index contributed by atoms with van der Waals surface area (Å²) >= 11 is 0. The van der Waals surface area contributed by atoms with E-state index >= 15 is 0 Å². The highest BCUT2D eigenvalue weighted by molar-refractivity contribution is 5.75. The molecule has 0 fully saturated rings. The van der Waals surface area contributed by atoms with Crippen LogP contribution in [0.5, 0.6) is 0 Å². The third-order valence-corrected chi connectivity index (χ3v) is 5.70. The minimum absolute atomic E-state index is 0.0260. The SMILES string of the molecule is CN(C)CCCN(C)C(=O)CCCn1c(=O)cc(Nc2ccc3c(c2)CCC3)[nH]c1=O. The number of hydrogen-bond acceptors (Lipinski definition) is 5. The lowest BCUT2D eigenvalue weighted by Crippen LogP contribution is -2.35. The lowest BCUT2D eigenvalue weighted by molar-refractivity contribution is -0.130. The van der Waals surface area contributed by atoms with Crippen LogP contribution in [0.4, 0.5) is 11.5 Å². The van der Waals surface area contributed by atoms with E-state index in [-0.39, 0.29) is 18.0 Å². The number of anilines is 2. The van der Waals surface area contributed by atoms with Gasteiger partial charge in [0.25, 0.3) is 5.56 Å². The number of fused-ring (bicyclic) bond motifs is 1. The maximum atomic E-state index is 12.5. The van der Waals surface area contributed by atoms with Crippen molar-refractivity contribution >= 4 is 17.4 Å². The molecular formula is C23H33N5O3. The van der Waals surface area contributed by atoms with E-state index in [1.54, 1.807) is 11.9 Å². The number of aromatic nitrogens is 2. The highest BCUT2D eigenvalue weighted by Crippen LogP contribution is 2.25. The molecule has 168 valence electrons. The number of aryl methyl sites for hydroxylation is 2. The summed E-state index contributed by atoms with van der Waals surface area (Å²) in [5.41, 5.74) is 2.70. The van der Waals surface area contributed by atoms with E-state index in [4.69, 9.17) is 0 Å². The van der Waals surface area contributed by atoms with Gasteiger partial charge in [-0.15, -0.1) is 0 Å². The Kier molecular flexibility index (Phi) is 7.68. The summed E-state index contributed by atoms with van der Waals surface area (Å²) in [5.74, 6) is 0.402. The van der Waals surface area contributed by atoms with Crippen molar-refractivity contribution < 1.29 is 4.79 Å². The summed E-state index contributed by atoms with van der Waals surface area (Å²) in [5, 5.41) is 3.13. The number of nitrogens with one attached hydrogen (secondary N) is 2. The molecule has 2 N–H and O–H groups in total. The first kappa shape index (κ1) is 22.8. The minimum Gasteiger partial charge on any atom is -0.346 e. The molecule has 0 bridgehead atoms. The summed E-state index contributed by atoms with van der Waals surface area (Å²) in [4.78, 5) is 43.6. The molecule has 1 heterocycles. The predicted octanol–water partition coefficient (Wildman–Crippen LogP) is 1.96. The van der Waals surface area contributed by atoms with Gasteiger partial charge in [0.1, 0.15) is 5.82 Å². The number of carbonyl (C=O) groups is 1. The Balaban J connectivity index is 1.54. The largest absolute Gasteiger partial charge is 0.346 e. The van der Waals surface area contributed by atoms with Crippen LogP contribution in [0.25, 0.3) is 0 Å². The van der Waals surface area contributed by atoms with Crippen LogP contribution in [0.1, 0.15) is 36.8 Å². The monoisotopic (exact) mass is 427 g/mol. The van der Waals surface area contributed by atoms with Gasteiger partial charge >= 0.3 is 5.69 Å². The fourth-order valence-corrected chi connectivity index (χ4v) is 3.93. The van der Waals surface area contributed by atoms with E-state index in [9.17, 15) is 14.4 Å². The number of hydrogen-bond donors (Lipinski definition) is 2. The van der Waals surface area contributed by atoms with Gasteiger partial charge in [-0.05, 0) is 76.0 Å². The topological polar surface area (TPSA) is 90.4 Å². The van der Waals surface area contributed by atoms with Crippen LogP contribution in [0, 0.1) is 0 Å². The summed E-state index contributed by atoms with van der Waals surface area (Å²) < 4.78 is 1.15. The zero-order chi connectivity index (χ0) is 22.4. The number of aromatic amines is 1. The first-order valence-electron chi connectivity index (χ1n) is 10.9. The van der Waals surface area contributed by atoms with Gasteiger partial charge in [0.15, 0.2) is 0 Å². The molecule has 0 atom stereocenters. The van der Waals surface area contributed by atoms with Crippen LogP contribution >= 0.6 is 0 Å². The van der Waals surface area contributed by atoms with Crippen LogP contribution in [-0.4, -0.2) is 59.5 Å². The molecule has 3 rings (SSSR count). The molecule has 1 aromatic carbocycles. The van der Waals surface area contributed by atoms with Crippen molar-refractivity contribution in [2.24, 2.45) is 0 Å². The number of rotatable bonds is 10. The van der Waals surface area contributed by atoms with E-state index in [1.165, 1.54) is 23.6 Å². The van der Waals surface area contributed by atoms with Crippen LogP contribution in [0.3, 0.4) is 0 Å². The molecule has 0 saturated heterocycles. The van der Waals surface area contributed by atoms with Gasteiger partial charge in [-0.3, -0.25) is 19.1 Å². The average Bonchev–Trinajstić information content (AvgIpc) is 3.17. The minimum atomic E-state index is -0.469. The van der Waals surface area contributed by atoms with Crippen molar-refractivity contribution in [3.63, 3.8) is 0 Å². The Bertz CT molecular complexity index is 993. The van der Waals surface area contributed by atoms with Gasteiger partial charge in [-0.25, -0.2) is 4.79 Å². The molecule has 8 heteroatoms. The van der Waals surface area contributed by atoms with Crippen LogP contribution < -0.4 is 16.6 Å². The second kappa shape index (κ2) is 10.4. The maximum absolute atomic E-state index is 12.5. The van der Waals surface area contributed by atoms with Gasteiger partial charge < -0.3 is 15.1 Å². The van der Waals surface area contributed by atoms with Crippen molar-refractivity contribution in [2.45, 2.75) is 45.1 Å². The Morgan fingerprint density at radius 3 is 2.58 bits per heavy atom. The quantitative estimate of drug-likeness (QED) is 0.605. The van der Waals surface area contributed by atoms with Crippen LogP contribution in [0.15, 0.2) is 33.9 Å². The molecule has 0 radical (unpaired) electrons. The standard InChI is InChI=1S/C23H33N5O3/c1-26(2)12-6-13-27(3)21(29)9-5-14-28-22(30)16-20(25-23(28)31)24-19-11-10-17-7-4-8-18(17)15-19/h10-11,15-16,24H,4-9,12-14H2,1-3H3,(H,25,31). The first-order chi connectivity index (χ1) is 14.8. The lowest BCUT2D eigenvalue weighted by atomic mass is 10.1. The Morgan fingerprint density at radius 2 is 1.84 bits per heavy atom. The zero-order valence-corrected chi connectivity index (χ0v) is 18.7. The normalized spacial score (nSPS) is 12.8. The number of benzene rings is 1. The average molecular weight is 428 g/mol. The van der Waals surface area contributed by atoms with Crippen molar-refractivity contribution in [1.29, 1.82) is 0 Å². The number of nitrogens with zero attached hydrogens (tertiary/aromatic N) is 3. The second-order valence-corrected chi connectivity index (χ2v) is 8.52. The fourth-order valence-electron chi connectivity index (χ4n) is 3.93. The highest BCUT2D eigenvalue weighted by Gasteiger charge is 2.12. The Morgan fingerprint density at radius 1 is 1.06 bits per heavy atom. The molecule has 0 unspecified atom stereocenters. The smallest absolute Gasteiger partial charge is 0.329 e.